The Labute approximate surface area is 332 Å². The first kappa shape index (κ1) is 39.1. The first-order valence-electron chi connectivity index (χ1n) is 20.4. The number of aromatic nitrogens is 1. The van der Waals surface area contributed by atoms with Gasteiger partial charge in [0, 0.05) is 23.3 Å². The third kappa shape index (κ3) is 7.81. The number of amides is 4. The normalized spacial score (nSPS) is 29.6. The number of benzene rings is 1. The van der Waals surface area contributed by atoms with Crippen LogP contribution >= 0.6 is 0 Å². The summed E-state index contributed by atoms with van der Waals surface area (Å²) >= 11 is 0. The zero-order valence-electron chi connectivity index (χ0n) is 32.2. The number of rotatable bonds is 6. The number of halogens is 1. The third-order valence-electron chi connectivity index (χ3n) is 12.7. The summed E-state index contributed by atoms with van der Waals surface area (Å²) in [6.45, 7) is 1.53. The summed E-state index contributed by atoms with van der Waals surface area (Å²) in [5.74, 6) is -0.415. The Morgan fingerprint density at radius 2 is 1.88 bits per heavy atom. The van der Waals surface area contributed by atoms with Crippen LogP contribution in [0.3, 0.4) is 0 Å². The molecular formula is C42H50FN5O8S. The lowest BCUT2D eigenvalue weighted by molar-refractivity contribution is -0.141. The summed E-state index contributed by atoms with van der Waals surface area (Å²) in [5, 5.41) is 6.21. The van der Waals surface area contributed by atoms with Gasteiger partial charge >= 0.3 is 6.09 Å². The number of terminal acetylenes is 1. The molecular weight excluding hydrogens is 754 g/mol. The maximum absolute atomic E-state index is 15.1. The van der Waals surface area contributed by atoms with Gasteiger partial charge in [-0.3, -0.25) is 19.1 Å². The van der Waals surface area contributed by atoms with E-state index in [9.17, 15) is 27.6 Å². The number of pyridine rings is 1. The maximum atomic E-state index is 15.1. The van der Waals surface area contributed by atoms with Crippen molar-refractivity contribution in [1.29, 1.82) is 0 Å². The quantitative estimate of drug-likeness (QED) is 0.274. The number of carbonyl (C=O) groups is 4. The van der Waals surface area contributed by atoms with Crippen LogP contribution in [-0.2, 0) is 35.6 Å². The van der Waals surface area contributed by atoms with Gasteiger partial charge in [-0.25, -0.2) is 22.6 Å². The molecule has 4 heterocycles. The van der Waals surface area contributed by atoms with Crippen LogP contribution in [0.1, 0.15) is 114 Å². The molecule has 6 aliphatic rings. The Hall–Kier alpha value is -4.71. The van der Waals surface area contributed by atoms with Crippen LogP contribution in [0.25, 0.3) is 10.9 Å². The monoisotopic (exact) mass is 803 g/mol. The Morgan fingerprint density at radius 3 is 2.58 bits per heavy atom. The fourth-order valence-electron chi connectivity index (χ4n) is 8.50. The second kappa shape index (κ2) is 15.2. The van der Waals surface area contributed by atoms with E-state index in [0.29, 0.717) is 68.2 Å². The largest absolute Gasteiger partial charge is 0.483 e. The number of alkyl carbamates (subject to hydrolysis) is 1. The van der Waals surface area contributed by atoms with Crippen LogP contribution < -0.4 is 20.1 Å². The van der Waals surface area contributed by atoms with Gasteiger partial charge < -0.3 is 25.0 Å². The van der Waals surface area contributed by atoms with Gasteiger partial charge in [-0.1, -0.05) is 43.0 Å². The standard InChI is InChI=1S/C42H50FN5O8S/c1-3-25-11-7-5-4-6-8-16-31(44-40(52)55-27-12-9-13-27)39(51)48-24-42(23-32(48)37(49)46-34(25)38(50)47-57(53,54)41(2)21-22-41)20-19-29-28-14-10-15-30(43)35(28)45-33(26-17-18-26)36(29)56-42/h1,7,10-11,14-15,25-27,31-32,34H,4-6,8-9,12-13,16-24H2,2H3,(H,44,52)(H,46,49)(H,47,50)/b11-7-/t25-,31-,32-,34?,42+/m0/s1. The molecule has 1 spiro atoms. The number of sulfonamides is 1. The lowest BCUT2D eigenvalue weighted by atomic mass is 9.86. The highest BCUT2D eigenvalue weighted by atomic mass is 32.2. The number of carbonyl (C=O) groups excluding carboxylic acids is 4. The molecule has 2 aromatic rings. The van der Waals surface area contributed by atoms with Crippen LogP contribution in [0, 0.1) is 24.1 Å². The molecule has 57 heavy (non-hydrogen) atoms. The van der Waals surface area contributed by atoms with E-state index in [0.717, 1.165) is 44.1 Å². The number of aryl methyl sites for hydroxylation is 1. The number of para-hydroxylation sites is 1. The number of hydrogen-bond acceptors (Lipinski definition) is 9. The molecule has 3 N–H and O–H groups in total. The van der Waals surface area contributed by atoms with E-state index in [-0.39, 0.29) is 30.5 Å². The van der Waals surface area contributed by atoms with Crippen LogP contribution in [0.15, 0.2) is 30.4 Å². The second-order valence-electron chi connectivity index (χ2n) is 17.0. The number of nitrogens with one attached hydrogen (secondary N) is 3. The van der Waals surface area contributed by atoms with Gasteiger partial charge in [-0.05, 0) is 90.0 Å². The van der Waals surface area contributed by atoms with E-state index >= 15 is 4.39 Å². The zero-order chi connectivity index (χ0) is 40.1. The maximum Gasteiger partial charge on any atom is 0.408 e. The summed E-state index contributed by atoms with van der Waals surface area (Å²) in [7, 11) is -4.09. The number of allylic oxidation sites excluding steroid dienone is 1. The number of fused-ring (bicyclic) bond motifs is 4. The second-order valence-corrected chi connectivity index (χ2v) is 19.2. The van der Waals surface area contributed by atoms with Gasteiger partial charge in [-0.2, -0.15) is 0 Å². The third-order valence-corrected chi connectivity index (χ3v) is 14.9. The van der Waals surface area contributed by atoms with Crippen molar-refractivity contribution in [3.05, 3.63) is 47.4 Å². The SMILES string of the molecule is C#C[C@H]1/C=C\CCCCC[C@H](NC(=O)OC2CCC2)C(=O)N2C[C@@]3(CCc4c(c(C5CC5)nc5c(F)cccc45)O3)C[C@H]2C(=O)NC1C(=O)NS(=O)(=O)C1(C)CC1. The van der Waals surface area contributed by atoms with Crippen LogP contribution in [0.4, 0.5) is 9.18 Å². The van der Waals surface area contributed by atoms with E-state index in [1.807, 2.05) is 12.1 Å². The molecule has 3 saturated carbocycles. The van der Waals surface area contributed by atoms with Gasteiger partial charge in [0.1, 0.15) is 46.9 Å². The Bertz CT molecular complexity index is 2160. The first-order valence-corrected chi connectivity index (χ1v) is 21.9. The molecule has 5 atom stereocenters. The van der Waals surface area contributed by atoms with Crippen molar-refractivity contribution in [3.8, 4) is 18.1 Å². The Morgan fingerprint density at radius 1 is 1.09 bits per heavy atom. The molecule has 15 heteroatoms. The molecule has 1 aromatic carbocycles. The Kier molecular flexibility index (Phi) is 10.5. The number of hydrogen-bond donors (Lipinski definition) is 3. The molecule has 1 unspecified atom stereocenters. The van der Waals surface area contributed by atoms with Gasteiger partial charge in [0.15, 0.2) is 0 Å². The van der Waals surface area contributed by atoms with Crippen LogP contribution in [-0.4, -0.2) is 83.2 Å². The number of ether oxygens (including phenoxy) is 2. The summed E-state index contributed by atoms with van der Waals surface area (Å²) < 4.78 is 55.1. The molecule has 3 aliphatic heterocycles. The minimum absolute atomic E-state index is 0.0213. The molecule has 0 bridgehead atoms. The fourth-order valence-corrected chi connectivity index (χ4v) is 9.78. The van der Waals surface area contributed by atoms with E-state index in [4.69, 9.17) is 20.9 Å². The van der Waals surface area contributed by atoms with E-state index in [2.05, 4.69) is 21.3 Å². The predicted molar refractivity (Wildman–Crippen MR) is 208 cm³/mol. The van der Waals surface area contributed by atoms with Crippen LogP contribution in [0.2, 0.25) is 0 Å². The minimum Gasteiger partial charge on any atom is -0.483 e. The van der Waals surface area contributed by atoms with Crippen molar-refractivity contribution in [2.75, 3.05) is 6.54 Å². The van der Waals surface area contributed by atoms with Crippen molar-refractivity contribution in [2.45, 2.75) is 144 Å². The highest BCUT2D eigenvalue weighted by Gasteiger charge is 2.55. The molecule has 1 aromatic heterocycles. The lowest BCUT2D eigenvalue weighted by Crippen LogP contribution is -2.58. The molecule has 4 amide bonds. The molecule has 8 rings (SSSR count). The summed E-state index contributed by atoms with van der Waals surface area (Å²) in [6, 6.07) is 1.15. The fraction of sp³-hybridized carbons (Fsp3) is 0.595. The van der Waals surface area contributed by atoms with Crippen LogP contribution in [0.5, 0.6) is 5.75 Å². The van der Waals surface area contributed by atoms with Gasteiger partial charge in [0.2, 0.25) is 21.8 Å². The van der Waals surface area contributed by atoms with E-state index in [1.54, 1.807) is 19.1 Å². The van der Waals surface area contributed by atoms with Crippen molar-refractivity contribution in [2.24, 2.45) is 5.92 Å². The lowest BCUT2D eigenvalue weighted by Gasteiger charge is -2.37. The van der Waals surface area contributed by atoms with Crippen molar-refractivity contribution in [3.63, 3.8) is 0 Å². The molecule has 304 valence electrons. The predicted octanol–water partition coefficient (Wildman–Crippen LogP) is 4.82. The smallest absolute Gasteiger partial charge is 0.408 e. The van der Waals surface area contributed by atoms with E-state index in [1.165, 1.54) is 11.0 Å². The number of nitrogens with zero attached hydrogens (tertiary/aromatic N) is 2. The van der Waals surface area contributed by atoms with Crippen molar-refractivity contribution < 1.29 is 41.5 Å². The minimum atomic E-state index is -4.09. The van der Waals surface area contributed by atoms with Crippen molar-refractivity contribution in [1.82, 2.24) is 25.2 Å². The van der Waals surface area contributed by atoms with Gasteiger partial charge in [0.05, 0.1) is 22.9 Å². The summed E-state index contributed by atoms with van der Waals surface area (Å²) in [4.78, 5) is 62.6. The highest BCUT2D eigenvalue weighted by Crippen LogP contribution is 2.51. The van der Waals surface area contributed by atoms with Crippen molar-refractivity contribution >= 4 is 44.7 Å². The molecule has 3 aliphatic carbocycles. The average molecular weight is 804 g/mol. The molecule has 1 saturated heterocycles. The zero-order valence-corrected chi connectivity index (χ0v) is 33.0. The molecule has 13 nitrogen and oxygen atoms in total. The Balaban J connectivity index is 1.15. The first-order chi connectivity index (χ1) is 27.3. The molecule has 0 radical (unpaired) electrons. The van der Waals surface area contributed by atoms with Gasteiger partial charge in [0.25, 0.3) is 5.91 Å². The summed E-state index contributed by atoms with van der Waals surface area (Å²) in [6.07, 6.45) is 17.2. The summed E-state index contributed by atoms with van der Waals surface area (Å²) in [5.41, 5.74) is 0.697. The highest BCUT2D eigenvalue weighted by molar-refractivity contribution is 7.91. The van der Waals surface area contributed by atoms with E-state index < -0.39 is 74.0 Å². The molecule has 4 fully saturated rings. The topological polar surface area (TPSA) is 173 Å². The van der Waals surface area contributed by atoms with Gasteiger partial charge in [-0.15, -0.1) is 6.42 Å². The average Bonchev–Trinajstić information content (AvgIpc) is 4.11.